The lowest BCUT2D eigenvalue weighted by Gasteiger charge is -2.50. The van der Waals surface area contributed by atoms with Gasteiger partial charge in [0.2, 0.25) is 0 Å². The molecule has 2 fully saturated rings. The number of carbonyl (C=O) groups excluding carboxylic acids is 3. The molecule has 0 aliphatic carbocycles. The van der Waals surface area contributed by atoms with E-state index in [0.29, 0.717) is 10.00 Å². The Hall–Kier alpha value is -6.31. The van der Waals surface area contributed by atoms with Crippen molar-refractivity contribution in [2.45, 2.75) is 25.8 Å². The molecule has 0 atom stereocenters. The first-order chi connectivity index (χ1) is 25.4. The van der Waals surface area contributed by atoms with Crippen LogP contribution < -0.4 is 29.5 Å². The van der Waals surface area contributed by atoms with Gasteiger partial charge < -0.3 is 25.1 Å². The zero-order valence-electron chi connectivity index (χ0n) is 28.0. The van der Waals surface area contributed by atoms with Gasteiger partial charge in [0, 0.05) is 18.2 Å². The second-order valence-corrected chi connectivity index (χ2v) is 13.7. The van der Waals surface area contributed by atoms with Crippen molar-refractivity contribution in [2.24, 2.45) is 0 Å². The number of urea groups is 2. The zero-order chi connectivity index (χ0) is 37.6. The van der Waals surface area contributed by atoms with Crippen LogP contribution in [0.5, 0.6) is 11.5 Å². The molecule has 53 heavy (non-hydrogen) atoms. The molecule has 2 aliphatic heterocycles. The third-order valence-electron chi connectivity index (χ3n) is 8.26. The molecule has 6 rings (SSSR count). The topological polar surface area (TPSA) is 224 Å². The first-order valence-corrected chi connectivity index (χ1v) is 17.7. The van der Waals surface area contributed by atoms with E-state index in [2.05, 4.69) is 10.4 Å². The Bertz CT molecular complexity index is 2090. The largest absolute Gasteiger partial charge is 0.624 e. The fourth-order valence-corrected chi connectivity index (χ4v) is 6.71. The number of amides is 6. The smallest absolute Gasteiger partial charge is 0.431 e. The molecule has 2 aliphatic rings. The Morgan fingerprint density at radius 1 is 0.925 bits per heavy atom. The molecule has 0 unspecified atom stereocenters. The van der Waals surface area contributed by atoms with Crippen molar-refractivity contribution >= 4 is 34.3 Å². The Morgan fingerprint density at radius 3 is 2.15 bits per heavy atom. The van der Waals surface area contributed by atoms with E-state index < -0.39 is 64.6 Å². The molecule has 0 bridgehead atoms. The van der Waals surface area contributed by atoms with Gasteiger partial charge in [-0.15, -0.1) is 0 Å². The lowest BCUT2D eigenvalue weighted by atomic mass is 10.1. The molecule has 4 heterocycles. The van der Waals surface area contributed by atoms with Gasteiger partial charge in [0.05, 0.1) is 13.1 Å². The molecule has 0 saturated carbocycles. The van der Waals surface area contributed by atoms with Crippen LogP contribution in [0, 0.1) is 5.21 Å². The summed E-state index contributed by atoms with van der Waals surface area (Å²) in [5.74, 6) is -0.395. The number of nitrogens with zero attached hydrogens (tertiary/aromatic N) is 5. The molecular formula is C34H35N8O10S+. The van der Waals surface area contributed by atoms with Crippen LogP contribution in [-0.4, -0.2) is 88.8 Å². The molecule has 19 heteroatoms. The Balaban J connectivity index is 1.22. The van der Waals surface area contributed by atoms with Gasteiger partial charge in [-0.1, -0.05) is 66.7 Å². The van der Waals surface area contributed by atoms with Gasteiger partial charge in [0.15, 0.2) is 36.1 Å². The molecule has 2 aromatic carbocycles. The quantitative estimate of drug-likeness (QED) is 0.0878. The highest BCUT2D eigenvalue weighted by molar-refractivity contribution is 7.88. The third-order valence-corrected chi connectivity index (χ3v) is 9.61. The zero-order valence-corrected chi connectivity index (χ0v) is 28.8. The highest BCUT2D eigenvalue weighted by Crippen LogP contribution is 2.33. The van der Waals surface area contributed by atoms with Crippen LogP contribution in [-0.2, 0) is 30.0 Å². The summed E-state index contributed by atoms with van der Waals surface area (Å²) in [6, 6.07) is 22.1. The predicted octanol–water partition coefficient (Wildman–Crippen LogP) is 1.88. The summed E-state index contributed by atoms with van der Waals surface area (Å²) >= 11 is 0. The maximum absolute atomic E-state index is 13.7. The number of carboxylic acid groups (broad SMARTS) is 1. The van der Waals surface area contributed by atoms with Crippen molar-refractivity contribution in [3.63, 3.8) is 0 Å². The van der Waals surface area contributed by atoms with Crippen LogP contribution in [0.15, 0.2) is 97.3 Å². The summed E-state index contributed by atoms with van der Waals surface area (Å²) in [5, 5.41) is 24.2. The lowest BCUT2D eigenvalue weighted by molar-refractivity contribution is -0.844. The van der Waals surface area contributed by atoms with Crippen LogP contribution in [0.1, 0.15) is 27.3 Å². The van der Waals surface area contributed by atoms with E-state index >= 15 is 0 Å². The maximum Gasteiger partial charge on any atom is 0.431 e. The second-order valence-electron chi connectivity index (χ2n) is 12.1. The number of ether oxygens (including phenoxy) is 2. The van der Waals surface area contributed by atoms with E-state index in [9.17, 15) is 32.8 Å². The first-order valence-electron chi connectivity index (χ1n) is 16.3. The van der Waals surface area contributed by atoms with Gasteiger partial charge in [-0.05, 0) is 11.1 Å². The minimum absolute atomic E-state index is 0.120. The number of nitrogens with one attached hydrogen (secondary N) is 3. The van der Waals surface area contributed by atoms with Gasteiger partial charge >= 0.3 is 28.4 Å². The summed E-state index contributed by atoms with van der Waals surface area (Å²) in [7, 11) is -4.87. The Kier molecular flexibility index (Phi) is 10.7. The van der Waals surface area contributed by atoms with Crippen LogP contribution in [0.2, 0.25) is 0 Å². The highest BCUT2D eigenvalue weighted by atomic mass is 32.2. The molecular weight excluding hydrogens is 712 g/mol. The minimum Gasteiger partial charge on any atom is -0.624 e. The fraction of sp³-hybridized carbons (Fsp3) is 0.235. The Morgan fingerprint density at radius 2 is 1.53 bits per heavy atom. The monoisotopic (exact) mass is 747 g/mol. The summed E-state index contributed by atoms with van der Waals surface area (Å²) in [4.78, 5) is 54.8. The predicted molar refractivity (Wildman–Crippen MR) is 184 cm³/mol. The van der Waals surface area contributed by atoms with Crippen molar-refractivity contribution in [3.05, 3.63) is 125 Å². The average Bonchev–Trinajstić information content (AvgIpc) is 3.50. The van der Waals surface area contributed by atoms with Crippen molar-refractivity contribution < 1.29 is 51.4 Å². The summed E-state index contributed by atoms with van der Waals surface area (Å²) in [5.41, 5.74) is 4.25. The van der Waals surface area contributed by atoms with E-state index in [1.165, 1.54) is 6.07 Å². The second kappa shape index (κ2) is 15.5. The number of hydroxylamine groups is 3. The highest BCUT2D eigenvalue weighted by Gasteiger charge is 2.48. The number of hydrazine groups is 1. The number of quaternary nitrogens is 1. The molecule has 4 aromatic rings. The van der Waals surface area contributed by atoms with Gasteiger partial charge in [-0.2, -0.15) is 17.7 Å². The van der Waals surface area contributed by atoms with Crippen molar-refractivity contribution in [1.82, 2.24) is 29.8 Å². The van der Waals surface area contributed by atoms with Crippen molar-refractivity contribution in [3.8, 4) is 11.5 Å². The van der Waals surface area contributed by atoms with E-state index in [1.807, 2.05) is 88.7 Å². The standard InChI is InChI=1S/C34H34N8O10S/c43-31(37-40-16-17-41(34(40)47)53(49,50)38-32(44)42(48)20-26(21-42)35-33(45)46)27-18-29(51-22-24-10-4-1-5-11-24)30(52-23-25-12-6-2-7-13-25)28(36-27)19-39-14-8-3-9-15-39/h1-15,18,26,35H,16-17,19-23H2,(H2-,37,38,43,44,45,46)/p+1. The fourth-order valence-electron chi connectivity index (χ4n) is 5.59. The molecule has 2 aromatic heterocycles. The number of carbonyl (C=O) groups is 4. The van der Waals surface area contributed by atoms with Crippen LogP contribution in [0.3, 0.4) is 0 Å². The van der Waals surface area contributed by atoms with E-state index in [0.717, 1.165) is 16.1 Å². The van der Waals surface area contributed by atoms with Crippen molar-refractivity contribution in [2.75, 3.05) is 26.2 Å². The molecule has 6 amide bonds. The summed E-state index contributed by atoms with van der Waals surface area (Å²) < 4.78 is 40.5. The van der Waals surface area contributed by atoms with E-state index in [4.69, 9.17) is 14.6 Å². The molecule has 2 saturated heterocycles. The maximum atomic E-state index is 13.7. The van der Waals surface area contributed by atoms with Crippen molar-refractivity contribution in [1.29, 1.82) is 0 Å². The van der Waals surface area contributed by atoms with Crippen LogP contribution in [0.25, 0.3) is 0 Å². The number of pyridine rings is 2. The minimum atomic E-state index is -4.87. The molecule has 0 spiro atoms. The first kappa shape index (κ1) is 36.5. The summed E-state index contributed by atoms with van der Waals surface area (Å²) in [6.45, 7) is -1.39. The average molecular weight is 748 g/mol. The van der Waals surface area contributed by atoms with Gasteiger partial charge in [-0.25, -0.2) is 28.7 Å². The van der Waals surface area contributed by atoms with E-state index in [1.54, 1.807) is 17.1 Å². The summed E-state index contributed by atoms with van der Waals surface area (Å²) in [6.07, 6.45) is 2.21. The molecule has 4 N–H and O–H groups in total. The van der Waals surface area contributed by atoms with Gasteiger partial charge in [0.25, 0.3) is 5.91 Å². The van der Waals surface area contributed by atoms with Gasteiger partial charge in [0.1, 0.15) is 38.0 Å². The molecule has 0 radical (unpaired) electrons. The lowest BCUT2D eigenvalue weighted by Crippen LogP contribution is -2.72. The SMILES string of the molecule is O=C(O)NC1C[N+]([O-])(C(=O)NS(=O)(=O)N2CCN(NC(=O)c3cc(OCc4ccccc4)c(OCc4ccccc4)c(C[n+]4ccccc4)n3)C2=O)C1. The normalized spacial score (nSPS) is 18.1. The number of rotatable bonds is 13. The number of likely N-dealkylation sites (tertiary alicyclic amines) is 1. The number of benzene rings is 2. The Labute approximate surface area is 303 Å². The number of hydrogen-bond acceptors (Lipinski definition) is 10. The van der Waals surface area contributed by atoms with E-state index in [-0.39, 0.29) is 43.5 Å². The number of aromatic nitrogens is 2. The number of hydrogen-bond donors (Lipinski definition) is 4. The van der Waals surface area contributed by atoms with Crippen LogP contribution in [0.4, 0.5) is 14.4 Å². The third kappa shape index (κ3) is 8.78. The van der Waals surface area contributed by atoms with Crippen LogP contribution >= 0.6 is 0 Å². The molecule has 18 nitrogen and oxygen atoms in total. The molecule has 276 valence electrons. The van der Waals surface area contributed by atoms with Gasteiger partial charge in [-0.3, -0.25) is 14.9 Å².